The van der Waals surface area contributed by atoms with Crippen LogP contribution < -0.4 is 9.47 Å². The zero-order valence-corrected chi connectivity index (χ0v) is 11.9. The van der Waals surface area contributed by atoms with Crippen LogP contribution in [-0.2, 0) is 15.9 Å². The van der Waals surface area contributed by atoms with Crippen molar-refractivity contribution in [2.75, 3.05) is 21.3 Å². The molecule has 0 aliphatic carbocycles. The number of hydrogen-bond donors (Lipinski definition) is 0. The minimum absolute atomic E-state index is 0.518. The summed E-state index contributed by atoms with van der Waals surface area (Å²) < 4.78 is 21.0. The minimum Gasteiger partial charge on any atom is -0.493 e. The van der Waals surface area contributed by atoms with Crippen molar-refractivity contribution in [1.29, 1.82) is 0 Å². The van der Waals surface area contributed by atoms with E-state index < -0.39 is 5.60 Å². The molecule has 0 aliphatic rings. The summed E-state index contributed by atoms with van der Waals surface area (Å²) in [5.41, 5.74) is -0.239. The first-order valence-electron chi connectivity index (χ1n) is 5.40. The van der Waals surface area contributed by atoms with Crippen molar-refractivity contribution in [2.24, 2.45) is 0 Å². The van der Waals surface area contributed by atoms with Gasteiger partial charge < -0.3 is 18.9 Å². The van der Waals surface area contributed by atoms with Crippen LogP contribution in [-0.4, -0.2) is 37.2 Å². The summed E-state index contributed by atoms with van der Waals surface area (Å²) >= 11 is 0. The number of benzene rings is 1. The van der Waals surface area contributed by atoms with Gasteiger partial charge in [0.05, 0.1) is 7.11 Å². The molecule has 0 amide bonds. The second-order valence-corrected chi connectivity index (χ2v) is 4.16. The molecule has 97 valence electrons. The van der Waals surface area contributed by atoms with Crippen molar-refractivity contribution in [3.63, 3.8) is 0 Å². The van der Waals surface area contributed by atoms with E-state index in [1.165, 1.54) is 14.2 Å². The standard InChI is InChI=1S/C13H17O4Si/c1-5-6-10-7-8-11(12(9-10)14-2)17-13(18,15-3)16-4/h5,7-9H,1,6H2,2-4H3. The molecule has 0 saturated heterocycles. The fourth-order valence-corrected chi connectivity index (χ4v) is 1.51. The van der Waals surface area contributed by atoms with Crippen LogP contribution in [0.3, 0.4) is 0 Å². The molecule has 1 aromatic rings. The van der Waals surface area contributed by atoms with Crippen molar-refractivity contribution in [2.45, 2.75) is 12.0 Å². The number of hydrogen-bond acceptors (Lipinski definition) is 4. The van der Waals surface area contributed by atoms with E-state index in [-0.39, 0.29) is 0 Å². The first-order chi connectivity index (χ1) is 8.58. The molecule has 0 unspecified atom stereocenters. The molecule has 18 heavy (non-hydrogen) atoms. The van der Waals surface area contributed by atoms with Crippen LogP contribution in [0.4, 0.5) is 0 Å². The summed E-state index contributed by atoms with van der Waals surface area (Å²) in [6, 6.07) is 5.61. The van der Waals surface area contributed by atoms with Crippen molar-refractivity contribution < 1.29 is 18.9 Å². The maximum atomic E-state index is 5.57. The van der Waals surface area contributed by atoms with E-state index >= 15 is 0 Å². The van der Waals surface area contributed by atoms with Gasteiger partial charge in [-0.05, 0) is 24.1 Å². The highest BCUT2D eigenvalue weighted by atomic mass is 28.1. The molecular formula is C13H17O4Si. The van der Waals surface area contributed by atoms with Crippen molar-refractivity contribution in [3.05, 3.63) is 36.4 Å². The highest BCUT2D eigenvalue weighted by molar-refractivity contribution is 6.12. The van der Waals surface area contributed by atoms with E-state index in [1.54, 1.807) is 13.2 Å². The zero-order chi connectivity index (χ0) is 13.6. The lowest BCUT2D eigenvalue weighted by Crippen LogP contribution is -2.40. The summed E-state index contributed by atoms with van der Waals surface area (Å²) in [7, 11) is 7.76. The van der Waals surface area contributed by atoms with E-state index in [4.69, 9.17) is 18.9 Å². The lowest BCUT2D eigenvalue weighted by Gasteiger charge is -2.28. The molecule has 1 rings (SSSR count). The average Bonchev–Trinajstić information content (AvgIpc) is 2.40. The Labute approximate surface area is 111 Å². The summed E-state index contributed by atoms with van der Waals surface area (Å²) in [4.78, 5) is 0. The van der Waals surface area contributed by atoms with Gasteiger partial charge in [0, 0.05) is 14.2 Å². The van der Waals surface area contributed by atoms with Crippen LogP contribution >= 0.6 is 0 Å². The second kappa shape index (κ2) is 6.58. The van der Waals surface area contributed by atoms with Crippen molar-refractivity contribution >= 4 is 10.2 Å². The molecule has 0 aromatic heterocycles. The summed E-state index contributed by atoms with van der Waals surface area (Å²) in [5.74, 6) is 1.12. The lowest BCUT2D eigenvalue weighted by molar-refractivity contribution is -0.259. The molecule has 0 fully saturated rings. The maximum absolute atomic E-state index is 5.57. The van der Waals surface area contributed by atoms with E-state index in [9.17, 15) is 0 Å². The Bertz CT molecular complexity index is 402. The van der Waals surface area contributed by atoms with Gasteiger partial charge in [-0.3, -0.25) is 0 Å². The van der Waals surface area contributed by atoms with Gasteiger partial charge in [-0.2, -0.15) is 0 Å². The van der Waals surface area contributed by atoms with Crippen LogP contribution in [0, 0.1) is 0 Å². The van der Waals surface area contributed by atoms with E-state index in [0.29, 0.717) is 11.5 Å². The third-order valence-corrected chi connectivity index (χ3v) is 2.90. The third-order valence-electron chi connectivity index (χ3n) is 2.39. The van der Waals surface area contributed by atoms with Gasteiger partial charge in [0.15, 0.2) is 21.7 Å². The number of ether oxygens (including phenoxy) is 4. The zero-order valence-electron chi connectivity index (χ0n) is 10.9. The molecule has 0 saturated carbocycles. The van der Waals surface area contributed by atoms with Crippen LogP contribution in [0.1, 0.15) is 5.56 Å². The monoisotopic (exact) mass is 265 g/mol. The Balaban J connectivity index is 2.98. The Hall–Kier alpha value is -1.30. The predicted octanol–water partition coefficient (Wildman–Crippen LogP) is 1.88. The second-order valence-electron chi connectivity index (χ2n) is 3.54. The highest BCUT2D eigenvalue weighted by Crippen LogP contribution is 2.31. The Morgan fingerprint density at radius 2 is 1.89 bits per heavy atom. The van der Waals surface area contributed by atoms with Crippen LogP contribution in [0.15, 0.2) is 30.9 Å². The predicted molar refractivity (Wildman–Crippen MR) is 70.0 cm³/mol. The molecule has 3 radical (unpaired) electrons. The summed E-state index contributed by atoms with van der Waals surface area (Å²) in [6.07, 6.45) is 2.60. The van der Waals surface area contributed by atoms with Crippen molar-refractivity contribution in [3.8, 4) is 11.5 Å². The van der Waals surface area contributed by atoms with Crippen LogP contribution in [0.25, 0.3) is 0 Å². The molecule has 0 atom stereocenters. The van der Waals surface area contributed by atoms with Gasteiger partial charge in [0.2, 0.25) is 0 Å². The Morgan fingerprint density at radius 1 is 1.22 bits per heavy atom. The van der Waals surface area contributed by atoms with Gasteiger partial charge in [-0.15, -0.1) is 6.58 Å². The van der Waals surface area contributed by atoms with Gasteiger partial charge in [-0.25, -0.2) is 0 Å². The van der Waals surface area contributed by atoms with E-state index in [1.807, 2.05) is 18.2 Å². The number of rotatable bonds is 7. The Kier molecular flexibility index (Phi) is 5.40. The van der Waals surface area contributed by atoms with Gasteiger partial charge >= 0.3 is 0 Å². The number of methoxy groups -OCH3 is 3. The SMILES string of the molecule is C=CCc1ccc(OC([Si])(OC)OC)c(OC)c1. The first kappa shape index (κ1) is 14.8. The molecule has 0 bridgehead atoms. The van der Waals surface area contributed by atoms with E-state index in [2.05, 4.69) is 16.8 Å². The molecule has 0 aliphatic heterocycles. The molecule has 0 N–H and O–H groups in total. The van der Waals surface area contributed by atoms with Gasteiger partial charge in [0.25, 0.3) is 5.60 Å². The normalized spacial score (nSPS) is 11.1. The Morgan fingerprint density at radius 3 is 2.39 bits per heavy atom. The van der Waals surface area contributed by atoms with E-state index in [0.717, 1.165) is 12.0 Å². The third kappa shape index (κ3) is 3.59. The molecule has 0 heterocycles. The maximum Gasteiger partial charge on any atom is 0.289 e. The number of allylic oxidation sites excluding steroid dienone is 1. The van der Waals surface area contributed by atoms with Gasteiger partial charge in [0.1, 0.15) is 0 Å². The molecular weight excluding hydrogens is 248 g/mol. The van der Waals surface area contributed by atoms with Crippen LogP contribution in [0.5, 0.6) is 11.5 Å². The van der Waals surface area contributed by atoms with Crippen molar-refractivity contribution in [1.82, 2.24) is 0 Å². The fraction of sp³-hybridized carbons (Fsp3) is 0.385. The average molecular weight is 265 g/mol. The summed E-state index contributed by atoms with van der Waals surface area (Å²) in [6.45, 7) is 3.70. The minimum atomic E-state index is -1.33. The highest BCUT2D eigenvalue weighted by Gasteiger charge is 2.26. The van der Waals surface area contributed by atoms with Crippen LogP contribution in [0.2, 0.25) is 0 Å². The quantitative estimate of drug-likeness (QED) is 0.428. The topological polar surface area (TPSA) is 36.9 Å². The lowest BCUT2D eigenvalue weighted by atomic mass is 10.1. The molecule has 1 aromatic carbocycles. The molecule has 0 spiro atoms. The molecule has 4 nitrogen and oxygen atoms in total. The smallest absolute Gasteiger partial charge is 0.289 e. The largest absolute Gasteiger partial charge is 0.493 e. The fourth-order valence-electron chi connectivity index (χ4n) is 1.40. The first-order valence-corrected chi connectivity index (χ1v) is 5.90. The summed E-state index contributed by atoms with van der Waals surface area (Å²) in [5, 5.41) is 0. The van der Waals surface area contributed by atoms with Gasteiger partial charge in [-0.1, -0.05) is 12.1 Å². The molecule has 5 heteroatoms.